The van der Waals surface area contributed by atoms with Crippen molar-refractivity contribution in [2.24, 2.45) is 0 Å². The Hall–Kier alpha value is -2.47. The van der Waals surface area contributed by atoms with Crippen molar-refractivity contribution in [1.29, 1.82) is 0 Å². The fraction of sp³-hybridized carbons (Fsp3) is 0.133. The van der Waals surface area contributed by atoms with E-state index in [1.54, 1.807) is 0 Å². The maximum atomic E-state index is 13.2. The zero-order valence-electron chi connectivity index (χ0n) is 11.0. The maximum absolute atomic E-state index is 13.2. The lowest BCUT2D eigenvalue weighted by molar-refractivity contribution is -0.118. The van der Waals surface area contributed by atoms with Crippen molar-refractivity contribution in [2.45, 2.75) is 6.61 Å². The third kappa shape index (κ3) is 4.54. The fourth-order valence-corrected chi connectivity index (χ4v) is 1.71. The molecule has 0 aliphatic carbocycles. The van der Waals surface area contributed by atoms with Gasteiger partial charge in [0.15, 0.2) is 6.61 Å². The van der Waals surface area contributed by atoms with Crippen molar-refractivity contribution in [2.75, 3.05) is 11.9 Å². The molecule has 0 fully saturated rings. The molecular formula is C15H13F2NO3. The van der Waals surface area contributed by atoms with E-state index in [0.717, 1.165) is 6.07 Å². The summed E-state index contributed by atoms with van der Waals surface area (Å²) in [7, 11) is 0. The number of hydrogen-bond donors (Lipinski definition) is 2. The van der Waals surface area contributed by atoms with E-state index < -0.39 is 17.5 Å². The number of aliphatic hydroxyl groups is 1. The van der Waals surface area contributed by atoms with Crippen LogP contribution in [0.15, 0.2) is 42.5 Å². The van der Waals surface area contributed by atoms with Gasteiger partial charge in [-0.05, 0) is 35.9 Å². The van der Waals surface area contributed by atoms with Crippen molar-refractivity contribution >= 4 is 11.6 Å². The molecule has 0 atom stereocenters. The van der Waals surface area contributed by atoms with Crippen LogP contribution in [0, 0.1) is 11.6 Å². The molecule has 0 aliphatic heterocycles. The van der Waals surface area contributed by atoms with Crippen LogP contribution in [0.3, 0.4) is 0 Å². The number of anilines is 1. The molecule has 2 aromatic carbocycles. The molecule has 0 unspecified atom stereocenters. The predicted octanol–water partition coefficient (Wildman–Crippen LogP) is 2.47. The van der Waals surface area contributed by atoms with Crippen LogP contribution in [0.1, 0.15) is 5.56 Å². The smallest absolute Gasteiger partial charge is 0.262 e. The number of carbonyl (C=O) groups is 1. The molecule has 21 heavy (non-hydrogen) atoms. The maximum Gasteiger partial charge on any atom is 0.262 e. The summed E-state index contributed by atoms with van der Waals surface area (Å²) in [6.45, 7) is -0.686. The van der Waals surface area contributed by atoms with Crippen LogP contribution in [0.5, 0.6) is 5.75 Å². The van der Waals surface area contributed by atoms with Crippen molar-refractivity contribution < 1.29 is 23.4 Å². The molecule has 0 spiro atoms. The molecule has 0 radical (unpaired) electrons. The lowest BCUT2D eigenvalue weighted by Gasteiger charge is -2.08. The van der Waals surface area contributed by atoms with Crippen LogP contribution in [0.4, 0.5) is 14.5 Å². The summed E-state index contributed by atoms with van der Waals surface area (Å²) in [4.78, 5) is 11.6. The molecule has 110 valence electrons. The van der Waals surface area contributed by atoms with E-state index >= 15 is 0 Å². The van der Waals surface area contributed by atoms with Crippen LogP contribution in [0.25, 0.3) is 0 Å². The van der Waals surface area contributed by atoms with Crippen molar-refractivity contribution in [3.8, 4) is 5.75 Å². The van der Waals surface area contributed by atoms with Crippen molar-refractivity contribution in [3.63, 3.8) is 0 Å². The van der Waals surface area contributed by atoms with E-state index in [-0.39, 0.29) is 19.0 Å². The molecule has 2 rings (SSSR count). The Morgan fingerprint density at radius 1 is 1.14 bits per heavy atom. The quantitative estimate of drug-likeness (QED) is 0.890. The number of rotatable bonds is 5. The third-order valence-corrected chi connectivity index (χ3v) is 2.59. The number of halogens is 2. The highest BCUT2D eigenvalue weighted by Gasteiger charge is 2.06. The van der Waals surface area contributed by atoms with Gasteiger partial charge in [-0.25, -0.2) is 8.78 Å². The Labute approximate surface area is 120 Å². The van der Waals surface area contributed by atoms with Gasteiger partial charge in [0.05, 0.1) is 6.61 Å². The summed E-state index contributed by atoms with van der Waals surface area (Å²) in [5, 5.41) is 11.4. The Morgan fingerprint density at radius 3 is 2.67 bits per heavy atom. The summed E-state index contributed by atoms with van der Waals surface area (Å²) in [6, 6.07) is 9.13. The molecule has 0 heterocycles. The molecule has 1 amide bonds. The minimum atomic E-state index is -0.568. The number of carbonyl (C=O) groups excluding carboxylic acids is 1. The average Bonchev–Trinajstić information content (AvgIpc) is 2.44. The fourth-order valence-electron chi connectivity index (χ4n) is 1.71. The highest BCUT2D eigenvalue weighted by Crippen LogP contribution is 2.16. The molecule has 0 saturated heterocycles. The minimum absolute atomic E-state index is 0.133. The van der Waals surface area contributed by atoms with Gasteiger partial charge in [0, 0.05) is 11.8 Å². The second kappa shape index (κ2) is 6.81. The summed E-state index contributed by atoms with van der Waals surface area (Å²) >= 11 is 0. The van der Waals surface area contributed by atoms with Crippen LogP contribution in [0.2, 0.25) is 0 Å². The standard InChI is InChI=1S/C15H13F2NO3/c16-11-2-1-3-13(6-11)18-15(20)9-21-14-5-10(8-19)4-12(17)7-14/h1-7,19H,8-9H2,(H,18,20). The molecule has 4 nitrogen and oxygen atoms in total. The highest BCUT2D eigenvalue weighted by atomic mass is 19.1. The van der Waals surface area contributed by atoms with E-state index in [4.69, 9.17) is 9.84 Å². The van der Waals surface area contributed by atoms with E-state index in [2.05, 4.69) is 5.32 Å². The molecule has 0 aromatic heterocycles. The van der Waals surface area contributed by atoms with Gasteiger partial charge >= 0.3 is 0 Å². The molecule has 2 N–H and O–H groups in total. The minimum Gasteiger partial charge on any atom is -0.484 e. The number of nitrogens with one attached hydrogen (secondary N) is 1. The summed E-state index contributed by atoms with van der Waals surface area (Å²) in [5.41, 5.74) is 0.648. The third-order valence-electron chi connectivity index (χ3n) is 2.59. The van der Waals surface area contributed by atoms with Crippen LogP contribution in [-0.4, -0.2) is 17.6 Å². The van der Waals surface area contributed by atoms with Crippen LogP contribution in [-0.2, 0) is 11.4 Å². The molecule has 0 aliphatic rings. The van der Waals surface area contributed by atoms with Crippen molar-refractivity contribution in [1.82, 2.24) is 0 Å². The second-order valence-electron chi connectivity index (χ2n) is 4.30. The van der Waals surface area contributed by atoms with Gasteiger partial charge in [-0.3, -0.25) is 4.79 Å². The van der Waals surface area contributed by atoms with Gasteiger partial charge in [0.2, 0.25) is 0 Å². The van der Waals surface area contributed by atoms with E-state index in [9.17, 15) is 13.6 Å². The number of ether oxygens (including phenoxy) is 1. The Balaban J connectivity index is 1.93. The van der Waals surface area contributed by atoms with Gasteiger partial charge in [0.1, 0.15) is 17.4 Å². The zero-order valence-corrected chi connectivity index (χ0v) is 11.0. The topological polar surface area (TPSA) is 58.6 Å². The van der Waals surface area contributed by atoms with Gasteiger partial charge in [-0.15, -0.1) is 0 Å². The number of benzene rings is 2. The molecule has 6 heteroatoms. The second-order valence-corrected chi connectivity index (χ2v) is 4.30. The van der Waals surface area contributed by atoms with E-state index in [1.807, 2.05) is 0 Å². The lowest BCUT2D eigenvalue weighted by Crippen LogP contribution is -2.20. The first kappa shape index (κ1) is 14.9. The summed E-state index contributed by atoms with van der Waals surface area (Å²) in [5.74, 6) is -1.41. The van der Waals surface area contributed by atoms with E-state index in [0.29, 0.717) is 11.3 Å². The first-order valence-electron chi connectivity index (χ1n) is 6.15. The SMILES string of the molecule is O=C(COc1cc(F)cc(CO)c1)Nc1cccc(F)c1. The summed E-state index contributed by atoms with van der Waals surface area (Å²) < 4.78 is 31.3. The monoisotopic (exact) mass is 293 g/mol. The average molecular weight is 293 g/mol. The van der Waals surface area contributed by atoms with Gasteiger partial charge < -0.3 is 15.2 Å². The zero-order chi connectivity index (χ0) is 15.2. The van der Waals surface area contributed by atoms with Crippen LogP contribution < -0.4 is 10.1 Å². The predicted molar refractivity (Wildman–Crippen MR) is 72.8 cm³/mol. The van der Waals surface area contributed by atoms with Gasteiger partial charge in [-0.2, -0.15) is 0 Å². The first-order chi connectivity index (χ1) is 10.1. The number of aliphatic hydroxyl groups excluding tert-OH is 1. The largest absolute Gasteiger partial charge is 0.484 e. The van der Waals surface area contributed by atoms with Crippen LogP contribution >= 0.6 is 0 Å². The molecule has 2 aromatic rings. The Bertz CT molecular complexity index is 647. The van der Waals surface area contributed by atoms with Crippen molar-refractivity contribution in [3.05, 3.63) is 59.7 Å². The molecular weight excluding hydrogens is 280 g/mol. The Morgan fingerprint density at radius 2 is 1.95 bits per heavy atom. The highest BCUT2D eigenvalue weighted by molar-refractivity contribution is 5.91. The van der Waals surface area contributed by atoms with Gasteiger partial charge in [0.25, 0.3) is 5.91 Å². The Kier molecular flexibility index (Phi) is 4.84. The lowest BCUT2D eigenvalue weighted by atomic mass is 10.2. The normalized spacial score (nSPS) is 10.2. The molecule has 0 saturated carbocycles. The van der Waals surface area contributed by atoms with Gasteiger partial charge in [-0.1, -0.05) is 6.07 Å². The first-order valence-corrected chi connectivity index (χ1v) is 6.15. The van der Waals surface area contributed by atoms with E-state index in [1.165, 1.54) is 36.4 Å². The number of hydrogen-bond acceptors (Lipinski definition) is 3. The number of amides is 1. The molecule has 0 bridgehead atoms. The summed E-state index contributed by atoms with van der Waals surface area (Å²) in [6.07, 6.45) is 0.